The minimum absolute atomic E-state index is 0.846. The Morgan fingerprint density at radius 1 is 0.387 bits per heavy atom. The molecule has 0 spiro atoms. The third kappa shape index (κ3) is 7.04. The van der Waals surface area contributed by atoms with E-state index in [1.165, 1.54) is 30.7 Å². The lowest BCUT2D eigenvalue weighted by Gasteiger charge is -2.08. The summed E-state index contributed by atoms with van der Waals surface area (Å²) in [7, 11) is 7.05. The van der Waals surface area contributed by atoms with E-state index in [-0.39, 0.29) is 0 Å². The van der Waals surface area contributed by atoms with Gasteiger partial charge >= 0.3 is 0 Å². The van der Waals surface area contributed by atoms with E-state index in [4.69, 9.17) is 4.74 Å². The molecule has 0 amide bonds. The Morgan fingerprint density at radius 2 is 0.645 bits per heavy atom. The maximum Gasteiger partial charge on any atom is 0.127 e. The molecule has 0 unspecified atom stereocenters. The summed E-state index contributed by atoms with van der Waals surface area (Å²) < 4.78 is 6.01. The fourth-order valence-corrected chi connectivity index (χ4v) is 6.50. The van der Waals surface area contributed by atoms with Crippen molar-refractivity contribution in [3.63, 3.8) is 0 Å². The smallest absolute Gasteiger partial charge is 0.127 e. The molecule has 31 heavy (non-hydrogen) atoms. The summed E-state index contributed by atoms with van der Waals surface area (Å²) in [5.74, 6) is 1.69. The average Bonchev–Trinajstić information content (AvgIpc) is 2.80. The van der Waals surface area contributed by atoms with E-state index in [0.717, 1.165) is 11.5 Å². The van der Waals surface area contributed by atoms with Crippen LogP contribution in [-0.4, -0.2) is 0 Å². The van der Waals surface area contributed by atoms with Crippen LogP contribution in [0.3, 0.4) is 0 Å². The predicted octanol–water partition coefficient (Wildman–Crippen LogP) is 9.69. The summed E-state index contributed by atoms with van der Waals surface area (Å²) in [6.07, 6.45) is 0. The SMILES string of the molecule is Cc1ccc(SSc2ccc(Oc3ccc(SSc4ccc(C)cc4)cc3)cc2)cc1. The number of hydrogen-bond donors (Lipinski definition) is 0. The molecule has 0 fully saturated rings. The van der Waals surface area contributed by atoms with Gasteiger partial charge in [-0.25, -0.2) is 0 Å². The molecule has 0 aliphatic carbocycles. The van der Waals surface area contributed by atoms with Crippen LogP contribution in [0.1, 0.15) is 11.1 Å². The lowest BCUT2D eigenvalue weighted by molar-refractivity contribution is 0.482. The molecule has 0 atom stereocenters. The second-order valence-electron chi connectivity index (χ2n) is 7.00. The summed E-state index contributed by atoms with van der Waals surface area (Å²) in [5, 5.41) is 0. The van der Waals surface area contributed by atoms with Gasteiger partial charge in [0.2, 0.25) is 0 Å². The number of benzene rings is 4. The topological polar surface area (TPSA) is 9.23 Å². The predicted molar refractivity (Wildman–Crippen MR) is 139 cm³/mol. The van der Waals surface area contributed by atoms with Gasteiger partial charge in [0.25, 0.3) is 0 Å². The van der Waals surface area contributed by atoms with Crippen molar-refractivity contribution >= 4 is 43.2 Å². The zero-order chi connectivity index (χ0) is 21.5. The molecular formula is C26H22OS4. The highest BCUT2D eigenvalue weighted by atomic mass is 33.1. The Kier molecular flexibility index (Phi) is 7.97. The standard InChI is InChI=1S/C26H22OS4/c1-19-3-11-23(12-4-19)28-30-25-15-7-21(8-16-25)27-22-9-17-26(18-10-22)31-29-24-13-5-20(2)6-14-24/h3-18H,1-2H3. The molecule has 0 bridgehead atoms. The molecule has 4 rings (SSSR count). The van der Waals surface area contributed by atoms with Crippen LogP contribution in [0.5, 0.6) is 11.5 Å². The molecule has 0 aliphatic heterocycles. The highest BCUT2D eigenvalue weighted by Gasteiger charge is 2.02. The normalized spacial score (nSPS) is 10.8. The van der Waals surface area contributed by atoms with Crippen molar-refractivity contribution in [3.05, 3.63) is 108 Å². The molecule has 4 aromatic carbocycles. The lowest BCUT2D eigenvalue weighted by atomic mass is 10.2. The molecule has 1 nitrogen and oxygen atoms in total. The lowest BCUT2D eigenvalue weighted by Crippen LogP contribution is -1.83. The van der Waals surface area contributed by atoms with Crippen molar-refractivity contribution in [1.29, 1.82) is 0 Å². The van der Waals surface area contributed by atoms with Crippen LogP contribution in [-0.2, 0) is 0 Å². The first kappa shape index (κ1) is 22.3. The Balaban J connectivity index is 1.27. The average molecular weight is 479 g/mol. The maximum atomic E-state index is 6.01. The second-order valence-corrected chi connectivity index (χ2v) is 11.6. The molecular weight excluding hydrogens is 457 g/mol. The van der Waals surface area contributed by atoms with E-state index < -0.39 is 0 Å². The maximum absolute atomic E-state index is 6.01. The van der Waals surface area contributed by atoms with Crippen LogP contribution in [0.25, 0.3) is 0 Å². The first-order valence-corrected chi connectivity index (χ1v) is 14.1. The largest absolute Gasteiger partial charge is 0.457 e. The third-order valence-corrected chi connectivity index (χ3v) is 9.23. The number of ether oxygens (including phenoxy) is 1. The van der Waals surface area contributed by atoms with Crippen LogP contribution in [0.15, 0.2) is 117 Å². The van der Waals surface area contributed by atoms with Gasteiger partial charge in [-0.1, -0.05) is 78.6 Å². The van der Waals surface area contributed by atoms with E-state index in [1.54, 1.807) is 43.2 Å². The van der Waals surface area contributed by atoms with Crippen molar-refractivity contribution in [3.8, 4) is 11.5 Å². The highest BCUT2D eigenvalue weighted by molar-refractivity contribution is 8.77. The molecule has 0 radical (unpaired) electrons. The quantitative estimate of drug-likeness (QED) is 0.232. The van der Waals surface area contributed by atoms with Crippen LogP contribution in [0.4, 0.5) is 0 Å². The third-order valence-electron chi connectivity index (χ3n) is 4.39. The van der Waals surface area contributed by atoms with E-state index in [0.29, 0.717) is 0 Å². The van der Waals surface area contributed by atoms with Crippen molar-refractivity contribution < 1.29 is 4.74 Å². The molecule has 0 aliphatic rings. The second kappa shape index (κ2) is 11.1. The Morgan fingerprint density at radius 3 is 0.935 bits per heavy atom. The zero-order valence-electron chi connectivity index (χ0n) is 17.3. The molecule has 156 valence electrons. The summed E-state index contributed by atoms with van der Waals surface area (Å²) in [5.41, 5.74) is 2.57. The molecule has 4 aromatic rings. The minimum atomic E-state index is 0.846. The van der Waals surface area contributed by atoms with E-state index >= 15 is 0 Å². The molecule has 0 aromatic heterocycles. The fourth-order valence-electron chi connectivity index (χ4n) is 2.64. The van der Waals surface area contributed by atoms with Crippen LogP contribution >= 0.6 is 43.2 Å². The number of hydrogen-bond acceptors (Lipinski definition) is 5. The van der Waals surface area contributed by atoms with Crippen molar-refractivity contribution in [1.82, 2.24) is 0 Å². The Hall–Kier alpha value is -1.92. The highest BCUT2D eigenvalue weighted by Crippen LogP contribution is 2.39. The first-order chi connectivity index (χ1) is 15.1. The fraction of sp³-hybridized carbons (Fsp3) is 0.0769. The zero-order valence-corrected chi connectivity index (χ0v) is 20.5. The van der Waals surface area contributed by atoms with Gasteiger partial charge in [-0.2, -0.15) is 0 Å². The number of rotatable bonds is 8. The van der Waals surface area contributed by atoms with Gasteiger partial charge in [-0.05, 0) is 86.6 Å². The summed E-state index contributed by atoms with van der Waals surface area (Å²) >= 11 is 0. The van der Waals surface area contributed by atoms with Crippen LogP contribution in [0, 0.1) is 13.8 Å². The molecule has 0 saturated heterocycles. The molecule has 5 heteroatoms. The van der Waals surface area contributed by atoms with Gasteiger partial charge in [0.15, 0.2) is 0 Å². The first-order valence-electron chi connectivity index (χ1n) is 9.84. The van der Waals surface area contributed by atoms with Gasteiger partial charge < -0.3 is 4.74 Å². The van der Waals surface area contributed by atoms with Crippen molar-refractivity contribution in [2.45, 2.75) is 33.4 Å². The molecule has 0 saturated carbocycles. The summed E-state index contributed by atoms with van der Waals surface area (Å²) in [6, 6.07) is 33.7. The monoisotopic (exact) mass is 478 g/mol. The minimum Gasteiger partial charge on any atom is -0.457 e. The van der Waals surface area contributed by atoms with E-state index in [2.05, 4.69) is 86.6 Å². The van der Waals surface area contributed by atoms with Crippen molar-refractivity contribution in [2.75, 3.05) is 0 Å². The van der Waals surface area contributed by atoms with Gasteiger partial charge in [-0.15, -0.1) is 0 Å². The van der Waals surface area contributed by atoms with Gasteiger partial charge in [-0.3, -0.25) is 0 Å². The Labute approximate surface area is 200 Å². The summed E-state index contributed by atoms with van der Waals surface area (Å²) in [6.45, 7) is 4.22. The van der Waals surface area contributed by atoms with E-state index in [1.807, 2.05) is 24.3 Å². The Bertz CT molecular complexity index is 999. The number of aryl methyl sites for hydroxylation is 2. The van der Waals surface area contributed by atoms with Crippen LogP contribution < -0.4 is 4.74 Å². The van der Waals surface area contributed by atoms with Gasteiger partial charge in [0, 0.05) is 19.6 Å². The van der Waals surface area contributed by atoms with Crippen LogP contribution in [0.2, 0.25) is 0 Å². The van der Waals surface area contributed by atoms with Gasteiger partial charge in [0.05, 0.1) is 0 Å². The van der Waals surface area contributed by atoms with Gasteiger partial charge in [0.1, 0.15) is 11.5 Å². The van der Waals surface area contributed by atoms with Crippen molar-refractivity contribution in [2.24, 2.45) is 0 Å². The summed E-state index contributed by atoms with van der Waals surface area (Å²) in [4.78, 5) is 4.93. The van der Waals surface area contributed by atoms with E-state index in [9.17, 15) is 0 Å². The molecule has 0 N–H and O–H groups in total. The molecule has 0 heterocycles.